The van der Waals surface area contributed by atoms with Crippen molar-refractivity contribution in [1.29, 1.82) is 0 Å². The molecule has 0 aromatic heterocycles. The Morgan fingerprint density at radius 1 is 1.47 bits per heavy atom. The molecule has 0 amide bonds. The van der Waals surface area contributed by atoms with Crippen LogP contribution in [-0.2, 0) is 9.84 Å². The van der Waals surface area contributed by atoms with Gasteiger partial charge in [-0.1, -0.05) is 0 Å². The molecule has 4 nitrogen and oxygen atoms in total. The predicted octanol–water partition coefficient (Wildman–Crippen LogP) is 1.84. The zero-order valence-electron chi connectivity index (χ0n) is 10.6. The van der Waals surface area contributed by atoms with Crippen molar-refractivity contribution in [2.24, 2.45) is 5.92 Å². The molecule has 1 fully saturated rings. The number of hydrogen-bond donors (Lipinski definition) is 0. The fourth-order valence-electron chi connectivity index (χ4n) is 2.30. The highest BCUT2D eigenvalue weighted by molar-refractivity contribution is 7.91. The molecule has 104 valence electrons. The van der Waals surface area contributed by atoms with Gasteiger partial charge < -0.3 is 4.74 Å². The summed E-state index contributed by atoms with van der Waals surface area (Å²) >= 11 is 0. The molecule has 6 heteroatoms. The van der Waals surface area contributed by atoms with Crippen molar-refractivity contribution in [3.05, 3.63) is 29.6 Å². The minimum Gasteiger partial charge on any atom is -0.496 e. The van der Waals surface area contributed by atoms with Gasteiger partial charge in [-0.15, -0.1) is 0 Å². The van der Waals surface area contributed by atoms with E-state index in [0.29, 0.717) is 12.2 Å². The van der Waals surface area contributed by atoms with Crippen molar-refractivity contribution in [2.45, 2.75) is 12.8 Å². The van der Waals surface area contributed by atoms with Crippen molar-refractivity contribution in [3.8, 4) is 5.75 Å². The molecule has 1 saturated heterocycles. The number of hydrogen-bond acceptors (Lipinski definition) is 4. The van der Waals surface area contributed by atoms with Crippen molar-refractivity contribution in [1.82, 2.24) is 0 Å². The van der Waals surface area contributed by atoms with Crippen LogP contribution in [0.3, 0.4) is 0 Å². The van der Waals surface area contributed by atoms with Gasteiger partial charge in [-0.05, 0) is 30.5 Å². The van der Waals surface area contributed by atoms with Gasteiger partial charge in [0.05, 0.1) is 24.2 Å². The number of sulfone groups is 1. The molecule has 1 unspecified atom stereocenters. The molecule has 1 atom stereocenters. The van der Waals surface area contributed by atoms with E-state index in [9.17, 15) is 17.6 Å². The molecule has 1 aliphatic rings. The molecular formula is C13H15FO4S. The first kappa shape index (κ1) is 14.0. The average Bonchev–Trinajstić information content (AvgIpc) is 2.68. The van der Waals surface area contributed by atoms with Crippen LogP contribution in [0.2, 0.25) is 0 Å². The molecule has 0 saturated carbocycles. The quantitative estimate of drug-likeness (QED) is 0.792. The van der Waals surface area contributed by atoms with Crippen LogP contribution in [0.25, 0.3) is 0 Å². The fourth-order valence-corrected chi connectivity index (χ4v) is 4.17. The minimum atomic E-state index is -3.00. The van der Waals surface area contributed by atoms with E-state index in [2.05, 4.69) is 0 Å². The summed E-state index contributed by atoms with van der Waals surface area (Å²) in [4.78, 5) is 12.1. The summed E-state index contributed by atoms with van der Waals surface area (Å²) < 4.78 is 40.9. The van der Waals surface area contributed by atoms with E-state index < -0.39 is 15.7 Å². The van der Waals surface area contributed by atoms with Crippen LogP contribution in [0.4, 0.5) is 4.39 Å². The normalized spacial score (nSPS) is 21.3. The molecule has 0 N–H and O–H groups in total. The summed E-state index contributed by atoms with van der Waals surface area (Å²) in [6.45, 7) is 0. The van der Waals surface area contributed by atoms with E-state index in [1.54, 1.807) is 0 Å². The highest BCUT2D eigenvalue weighted by Gasteiger charge is 2.30. The van der Waals surface area contributed by atoms with E-state index in [1.165, 1.54) is 19.2 Å². The summed E-state index contributed by atoms with van der Waals surface area (Å²) in [5, 5.41) is 0. The first-order chi connectivity index (χ1) is 8.91. The Bertz CT molecular complexity index is 595. The minimum absolute atomic E-state index is 0.0381. The van der Waals surface area contributed by atoms with Crippen LogP contribution >= 0.6 is 0 Å². The number of carbonyl (C=O) groups excluding carboxylic acids is 1. The second-order valence-electron chi connectivity index (χ2n) is 4.74. The number of halogens is 1. The Labute approximate surface area is 111 Å². The molecule has 1 heterocycles. The third-order valence-electron chi connectivity index (χ3n) is 3.26. The van der Waals surface area contributed by atoms with Crippen molar-refractivity contribution < 1.29 is 22.3 Å². The molecule has 0 aliphatic carbocycles. The topological polar surface area (TPSA) is 60.4 Å². The number of ether oxygens (including phenoxy) is 1. The molecule has 0 bridgehead atoms. The number of Topliss-reactive ketones (excluding diaryl/α,β-unsaturated/α-hetero) is 1. The van der Waals surface area contributed by atoms with E-state index in [0.717, 1.165) is 6.07 Å². The van der Waals surface area contributed by atoms with Gasteiger partial charge >= 0.3 is 0 Å². The number of carbonyl (C=O) groups is 1. The SMILES string of the molecule is COc1ccc(F)cc1C(=O)CC1CCS(=O)(=O)C1. The van der Waals surface area contributed by atoms with Gasteiger partial charge in [-0.3, -0.25) is 4.79 Å². The number of ketones is 1. The van der Waals surface area contributed by atoms with E-state index in [4.69, 9.17) is 4.74 Å². The first-order valence-corrected chi connectivity index (χ1v) is 7.80. The summed E-state index contributed by atoms with van der Waals surface area (Å²) in [6, 6.07) is 3.74. The fraction of sp³-hybridized carbons (Fsp3) is 0.462. The maximum Gasteiger partial charge on any atom is 0.167 e. The van der Waals surface area contributed by atoms with Gasteiger partial charge in [0.15, 0.2) is 15.6 Å². The lowest BCUT2D eigenvalue weighted by Gasteiger charge is -2.10. The Balaban J connectivity index is 2.14. The summed E-state index contributed by atoms with van der Waals surface area (Å²) in [5.74, 6) is -0.485. The van der Waals surface area contributed by atoms with Gasteiger partial charge in [0.1, 0.15) is 11.6 Å². The summed E-state index contributed by atoms with van der Waals surface area (Å²) in [7, 11) is -1.60. The van der Waals surface area contributed by atoms with Gasteiger partial charge in [-0.2, -0.15) is 0 Å². The van der Waals surface area contributed by atoms with Gasteiger partial charge in [-0.25, -0.2) is 12.8 Å². The molecule has 0 radical (unpaired) electrons. The van der Waals surface area contributed by atoms with Crippen molar-refractivity contribution >= 4 is 15.6 Å². The van der Waals surface area contributed by atoms with Crippen LogP contribution in [-0.4, -0.2) is 32.8 Å². The second kappa shape index (κ2) is 5.28. The smallest absolute Gasteiger partial charge is 0.167 e. The third kappa shape index (κ3) is 3.32. The Morgan fingerprint density at radius 2 is 2.21 bits per heavy atom. The zero-order chi connectivity index (χ0) is 14.0. The van der Waals surface area contributed by atoms with E-state index >= 15 is 0 Å². The predicted molar refractivity (Wildman–Crippen MR) is 68.7 cm³/mol. The Hall–Kier alpha value is -1.43. The molecule has 1 aliphatic heterocycles. The van der Waals surface area contributed by atoms with Gasteiger partial charge in [0.2, 0.25) is 0 Å². The Kier molecular flexibility index (Phi) is 3.89. The monoisotopic (exact) mass is 286 g/mol. The summed E-state index contributed by atoms with van der Waals surface area (Å²) in [6.07, 6.45) is 0.602. The zero-order valence-corrected chi connectivity index (χ0v) is 11.4. The van der Waals surface area contributed by atoms with Crippen molar-refractivity contribution in [2.75, 3.05) is 18.6 Å². The van der Waals surface area contributed by atoms with Crippen LogP contribution in [0.1, 0.15) is 23.2 Å². The molecule has 0 spiro atoms. The Morgan fingerprint density at radius 3 is 2.79 bits per heavy atom. The number of methoxy groups -OCH3 is 1. The van der Waals surface area contributed by atoms with Gasteiger partial charge in [0, 0.05) is 6.42 Å². The van der Waals surface area contributed by atoms with E-state index in [1.807, 2.05) is 0 Å². The largest absolute Gasteiger partial charge is 0.496 e. The standard InChI is InChI=1S/C13H15FO4S/c1-18-13-3-2-10(14)7-11(13)12(15)6-9-4-5-19(16,17)8-9/h2-3,7,9H,4-6,8H2,1H3. The molecule has 2 rings (SSSR count). The highest BCUT2D eigenvalue weighted by Crippen LogP contribution is 2.27. The lowest BCUT2D eigenvalue weighted by atomic mass is 9.97. The lowest BCUT2D eigenvalue weighted by molar-refractivity contribution is 0.0962. The van der Waals surface area contributed by atoms with Crippen LogP contribution in [0, 0.1) is 11.7 Å². The highest BCUT2D eigenvalue weighted by atomic mass is 32.2. The van der Waals surface area contributed by atoms with Gasteiger partial charge in [0.25, 0.3) is 0 Å². The molecular weight excluding hydrogens is 271 g/mol. The maximum atomic E-state index is 13.2. The number of benzene rings is 1. The molecule has 1 aromatic carbocycles. The molecule has 19 heavy (non-hydrogen) atoms. The van der Waals surface area contributed by atoms with Crippen LogP contribution in [0.15, 0.2) is 18.2 Å². The van der Waals surface area contributed by atoms with Crippen molar-refractivity contribution in [3.63, 3.8) is 0 Å². The van der Waals surface area contributed by atoms with Crippen LogP contribution < -0.4 is 4.74 Å². The average molecular weight is 286 g/mol. The van der Waals surface area contributed by atoms with E-state index in [-0.39, 0.29) is 35.2 Å². The van der Waals surface area contributed by atoms with Crippen LogP contribution in [0.5, 0.6) is 5.75 Å². The second-order valence-corrected chi connectivity index (χ2v) is 6.97. The number of rotatable bonds is 4. The lowest BCUT2D eigenvalue weighted by Crippen LogP contribution is -2.11. The third-order valence-corrected chi connectivity index (χ3v) is 5.10. The first-order valence-electron chi connectivity index (χ1n) is 5.98. The summed E-state index contributed by atoms with van der Waals surface area (Å²) in [5.41, 5.74) is 0.173. The molecule has 1 aromatic rings. The maximum absolute atomic E-state index is 13.2.